The molecule has 0 saturated carbocycles. The van der Waals surface area contributed by atoms with Crippen LogP contribution in [0.15, 0.2) is 109 Å². The Kier molecular flexibility index (Phi) is 5.58. The highest BCUT2D eigenvalue weighted by atomic mass is 35.5. The smallest absolute Gasteiger partial charge is 0.157 e. The fourth-order valence-corrected chi connectivity index (χ4v) is 4.75. The van der Waals surface area contributed by atoms with Crippen LogP contribution >= 0.6 is 11.6 Å². The number of imidazole rings is 1. The molecule has 0 amide bonds. The van der Waals surface area contributed by atoms with Crippen LogP contribution in [-0.4, -0.2) is 9.38 Å². The van der Waals surface area contributed by atoms with E-state index in [9.17, 15) is 5.26 Å². The molecule has 2 aromatic heterocycles. The lowest BCUT2D eigenvalue weighted by molar-refractivity contribution is 1.21. The molecule has 6 aromatic rings. The van der Waals surface area contributed by atoms with Gasteiger partial charge in [-0.05, 0) is 52.6 Å². The number of nitrogens with zero attached hydrogens (tertiary/aromatic N) is 3. The molecule has 0 fully saturated rings. The molecule has 0 radical (unpaired) electrons. The maximum atomic E-state index is 10.1. The summed E-state index contributed by atoms with van der Waals surface area (Å²) in [6, 6.07) is 38.8. The average molecular weight is 482 g/mol. The summed E-state index contributed by atoms with van der Waals surface area (Å²) in [6.07, 6.45) is 4.02. The standard InChI is InChI=1S/C32H20ClN3/c33-27-10-6-9-26(19-27)31-20-25(28(21-34)32-35-29-11-4-5-12-30(29)36(31)32)18-15-22-13-16-24(17-14-22)23-7-2-1-3-8-23/h1-20H/b18-15+. The Labute approximate surface area is 214 Å². The maximum absolute atomic E-state index is 10.1. The monoisotopic (exact) mass is 481 g/mol. The van der Waals surface area contributed by atoms with Crippen molar-refractivity contribution in [1.82, 2.24) is 9.38 Å². The van der Waals surface area contributed by atoms with E-state index in [4.69, 9.17) is 16.6 Å². The number of hydrogen-bond acceptors (Lipinski definition) is 2. The third-order valence-corrected chi connectivity index (χ3v) is 6.55. The Morgan fingerprint density at radius 1 is 0.722 bits per heavy atom. The minimum atomic E-state index is 0.536. The number of rotatable bonds is 4. The van der Waals surface area contributed by atoms with Gasteiger partial charge in [-0.1, -0.05) is 103 Å². The Bertz CT molecular complexity index is 1790. The van der Waals surface area contributed by atoms with Crippen molar-refractivity contribution < 1.29 is 0 Å². The summed E-state index contributed by atoms with van der Waals surface area (Å²) in [7, 11) is 0. The molecule has 3 nitrogen and oxygen atoms in total. The van der Waals surface area contributed by atoms with E-state index in [-0.39, 0.29) is 0 Å². The van der Waals surface area contributed by atoms with Gasteiger partial charge in [0.15, 0.2) is 5.65 Å². The van der Waals surface area contributed by atoms with Gasteiger partial charge in [0.2, 0.25) is 0 Å². The summed E-state index contributed by atoms with van der Waals surface area (Å²) in [4.78, 5) is 4.83. The van der Waals surface area contributed by atoms with Gasteiger partial charge in [0, 0.05) is 10.6 Å². The highest BCUT2D eigenvalue weighted by Crippen LogP contribution is 2.32. The average Bonchev–Trinajstić information content (AvgIpc) is 3.31. The molecule has 0 saturated heterocycles. The molecule has 4 aromatic carbocycles. The minimum absolute atomic E-state index is 0.536. The third-order valence-electron chi connectivity index (χ3n) is 6.31. The van der Waals surface area contributed by atoms with Gasteiger partial charge in [0.05, 0.1) is 16.7 Å². The lowest BCUT2D eigenvalue weighted by Crippen LogP contribution is -1.98. The van der Waals surface area contributed by atoms with Crippen molar-refractivity contribution >= 4 is 40.4 Å². The van der Waals surface area contributed by atoms with Crippen LogP contribution in [-0.2, 0) is 0 Å². The zero-order chi connectivity index (χ0) is 24.5. The maximum Gasteiger partial charge on any atom is 0.157 e. The molecular formula is C32H20ClN3. The first-order valence-electron chi connectivity index (χ1n) is 11.6. The lowest BCUT2D eigenvalue weighted by Gasteiger charge is -2.11. The molecule has 6 rings (SSSR count). The van der Waals surface area contributed by atoms with E-state index in [2.05, 4.69) is 42.5 Å². The van der Waals surface area contributed by atoms with Crippen LogP contribution < -0.4 is 0 Å². The summed E-state index contributed by atoms with van der Waals surface area (Å²) in [5.74, 6) is 0. The van der Waals surface area contributed by atoms with E-state index >= 15 is 0 Å². The van der Waals surface area contributed by atoms with E-state index < -0.39 is 0 Å². The largest absolute Gasteiger partial charge is 0.291 e. The predicted octanol–water partition coefficient (Wildman–Crippen LogP) is 8.52. The van der Waals surface area contributed by atoms with Gasteiger partial charge in [-0.15, -0.1) is 0 Å². The quantitative estimate of drug-likeness (QED) is 0.253. The topological polar surface area (TPSA) is 41.1 Å². The molecule has 0 atom stereocenters. The van der Waals surface area contributed by atoms with Crippen LogP contribution in [0.1, 0.15) is 16.7 Å². The fraction of sp³-hybridized carbons (Fsp3) is 0. The molecule has 0 aliphatic carbocycles. The van der Waals surface area contributed by atoms with Crippen molar-refractivity contribution in [2.45, 2.75) is 0 Å². The van der Waals surface area contributed by atoms with Crippen molar-refractivity contribution in [2.75, 3.05) is 0 Å². The number of halogens is 1. The van der Waals surface area contributed by atoms with Crippen molar-refractivity contribution in [3.05, 3.63) is 131 Å². The van der Waals surface area contributed by atoms with E-state index in [1.54, 1.807) is 0 Å². The van der Waals surface area contributed by atoms with Crippen LogP contribution in [0.3, 0.4) is 0 Å². The molecule has 0 bridgehead atoms. The number of hydrogen-bond donors (Lipinski definition) is 0. The minimum Gasteiger partial charge on any atom is -0.291 e. The third kappa shape index (κ3) is 3.94. The summed E-state index contributed by atoms with van der Waals surface area (Å²) >= 11 is 6.34. The summed E-state index contributed by atoms with van der Waals surface area (Å²) < 4.78 is 2.05. The zero-order valence-corrected chi connectivity index (χ0v) is 20.0. The van der Waals surface area contributed by atoms with Crippen LogP contribution in [0.25, 0.3) is 51.2 Å². The molecule has 170 valence electrons. The molecule has 0 N–H and O–H groups in total. The van der Waals surface area contributed by atoms with Crippen LogP contribution in [0.4, 0.5) is 0 Å². The van der Waals surface area contributed by atoms with E-state index in [1.165, 1.54) is 11.1 Å². The number of nitriles is 1. The number of fused-ring (bicyclic) bond motifs is 3. The van der Waals surface area contributed by atoms with Crippen molar-refractivity contribution in [3.8, 4) is 28.5 Å². The summed E-state index contributed by atoms with van der Waals surface area (Å²) in [5, 5.41) is 10.8. The number of pyridine rings is 1. The number of para-hydroxylation sites is 2. The second-order valence-corrected chi connectivity index (χ2v) is 9.00. The predicted molar refractivity (Wildman–Crippen MR) is 149 cm³/mol. The Hall–Kier alpha value is -4.65. The molecule has 0 unspecified atom stereocenters. The summed E-state index contributed by atoms with van der Waals surface area (Å²) in [6.45, 7) is 0. The summed E-state index contributed by atoms with van der Waals surface area (Å²) in [5.41, 5.74) is 9.06. The van der Waals surface area contributed by atoms with Crippen LogP contribution in [0.5, 0.6) is 0 Å². The molecule has 36 heavy (non-hydrogen) atoms. The van der Waals surface area contributed by atoms with Gasteiger partial charge in [-0.25, -0.2) is 4.98 Å². The van der Waals surface area contributed by atoms with Gasteiger partial charge < -0.3 is 0 Å². The Morgan fingerprint density at radius 3 is 2.22 bits per heavy atom. The fourth-order valence-electron chi connectivity index (χ4n) is 4.56. The first-order valence-corrected chi connectivity index (χ1v) is 12.0. The second-order valence-electron chi connectivity index (χ2n) is 8.56. The lowest BCUT2D eigenvalue weighted by atomic mass is 10.0. The van der Waals surface area contributed by atoms with Crippen molar-refractivity contribution in [1.29, 1.82) is 5.26 Å². The molecule has 0 aliphatic heterocycles. The Balaban J connectivity index is 1.50. The number of benzene rings is 4. The van der Waals surface area contributed by atoms with Crippen molar-refractivity contribution in [2.24, 2.45) is 0 Å². The molecule has 2 heterocycles. The first kappa shape index (κ1) is 21.9. The normalized spacial score (nSPS) is 11.3. The van der Waals surface area contributed by atoms with Crippen LogP contribution in [0.2, 0.25) is 5.02 Å². The highest BCUT2D eigenvalue weighted by Gasteiger charge is 2.17. The second kappa shape index (κ2) is 9.19. The van der Waals surface area contributed by atoms with Gasteiger partial charge in [-0.3, -0.25) is 4.40 Å². The Morgan fingerprint density at radius 2 is 1.44 bits per heavy atom. The molecule has 0 aliphatic rings. The van der Waals surface area contributed by atoms with Crippen molar-refractivity contribution in [3.63, 3.8) is 0 Å². The van der Waals surface area contributed by atoms with Gasteiger partial charge in [0.25, 0.3) is 0 Å². The first-order chi connectivity index (χ1) is 17.7. The van der Waals surface area contributed by atoms with E-state index in [0.717, 1.165) is 33.4 Å². The van der Waals surface area contributed by atoms with Gasteiger partial charge in [-0.2, -0.15) is 5.26 Å². The molecule has 0 spiro atoms. The van der Waals surface area contributed by atoms with E-state index in [0.29, 0.717) is 16.2 Å². The number of aromatic nitrogens is 2. The molecular weight excluding hydrogens is 462 g/mol. The van der Waals surface area contributed by atoms with Gasteiger partial charge in [0.1, 0.15) is 11.6 Å². The zero-order valence-electron chi connectivity index (χ0n) is 19.3. The van der Waals surface area contributed by atoms with Crippen LogP contribution in [0, 0.1) is 11.3 Å². The highest BCUT2D eigenvalue weighted by molar-refractivity contribution is 6.30. The SMILES string of the molecule is N#Cc1c(/C=C/c2ccc(-c3ccccc3)cc2)cc(-c2cccc(Cl)c2)n2c1nc1ccccc12. The van der Waals surface area contributed by atoms with Gasteiger partial charge >= 0.3 is 0 Å². The molecule has 4 heteroatoms. The van der Waals surface area contributed by atoms with E-state index in [1.807, 2.05) is 89.3 Å².